The molecular weight excluding hydrogens is 216 g/mol. The molecule has 0 saturated carbocycles. The largest absolute Gasteiger partial charge is 0.466 e. The molecule has 0 saturated heterocycles. The van der Waals surface area contributed by atoms with E-state index in [2.05, 4.69) is 34.8 Å². The quantitative estimate of drug-likeness (QED) is 0.395. The molecule has 0 aromatic carbocycles. The molecule has 1 rings (SSSR count). The number of aromatic nitrogens is 2. The van der Waals surface area contributed by atoms with Crippen LogP contribution in [0.2, 0.25) is 0 Å². The minimum absolute atomic E-state index is 0.0720. The van der Waals surface area contributed by atoms with Gasteiger partial charge in [0.1, 0.15) is 12.4 Å². The Morgan fingerprint density at radius 1 is 1.29 bits per heavy atom. The molecule has 0 aliphatic heterocycles. The van der Waals surface area contributed by atoms with E-state index in [9.17, 15) is 4.79 Å². The lowest BCUT2D eigenvalue weighted by atomic mass is 10.2. The molecule has 1 aromatic heterocycles. The third kappa shape index (κ3) is 5.52. The van der Waals surface area contributed by atoms with Crippen LogP contribution in [0.25, 0.3) is 0 Å². The molecule has 0 aliphatic rings. The van der Waals surface area contributed by atoms with Crippen molar-refractivity contribution >= 4 is 5.97 Å². The topological polar surface area (TPSA) is 35.1 Å². The molecule has 0 N–H and O–H groups in total. The molecule has 0 atom stereocenters. The Morgan fingerprint density at radius 3 is 2.76 bits per heavy atom. The number of unbranched alkanes of at least 4 members (excludes halogenated alkanes) is 2. The van der Waals surface area contributed by atoms with E-state index in [1.807, 2.05) is 6.92 Å². The maximum atomic E-state index is 11.1. The Labute approximate surface area is 103 Å². The van der Waals surface area contributed by atoms with Crippen molar-refractivity contribution in [2.45, 2.75) is 52.6 Å². The second kappa shape index (κ2) is 7.87. The van der Waals surface area contributed by atoms with Crippen molar-refractivity contribution in [2.24, 2.45) is 0 Å². The highest BCUT2D eigenvalue weighted by Gasteiger charge is 2.03. The van der Waals surface area contributed by atoms with Crippen LogP contribution < -0.4 is 4.57 Å². The number of nitrogens with zero attached hydrogens (tertiary/aromatic N) is 2. The van der Waals surface area contributed by atoms with E-state index >= 15 is 0 Å². The predicted molar refractivity (Wildman–Crippen MR) is 65.4 cm³/mol. The van der Waals surface area contributed by atoms with Gasteiger partial charge in [-0.15, -0.1) is 0 Å². The number of rotatable bonds is 8. The lowest BCUT2D eigenvalue weighted by Gasteiger charge is -2.01. The third-order valence-electron chi connectivity index (χ3n) is 2.71. The number of carbonyl (C=O) groups excluding carboxylic acids is 1. The molecule has 0 aliphatic carbocycles. The summed E-state index contributed by atoms with van der Waals surface area (Å²) >= 11 is 0. The Morgan fingerprint density at radius 2 is 2.12 bits per heavy atom. The lowest BCUT2D eigenvalue weighted by molar-refractivity contribution is -0.696. The van der Waals surface area contributed by atoms with Gasteiger partial charge >= 0.3 is 5.97 Å². The van der Waals surface area contributed by atoms with Crippen LogP contribution in [0.1, 0.15) is 39.5 Å². The third-order valence-corrected chi connectivity index (χ3v) is 2.71. The average Bonchev–Trinajstić information content (AvgIpc) is 2.77. The first-order chi connectivity index (χ1) is 8.26. The minimum Gasteiger partial charge on any atom is -0.466 e. The Hall–Kier alpha value is -1.32. The van der Waals surface area contributed by atoms with Crippen molar-refractivity contribution in [1.29, 1.82) is 0 Å². The average molecular weight is 239 g/mol. The van der Waals surface area contributed by atoms with Gasteiger partial charge in [0.05, 0.1) is 19.7 Å². The van der Waals surface area contributed by atoms with Crippen molar-refractivity contribution in [3.8, 4) is 0 Å². The summed E-state index contributed by atoms with van der Waals surface area (Å²) in [5.74, 6) is -0.0720. The van der Waals surface area contributed by atoms with Gasteiger partial charge in [-0.05, 0) is 33.1 Å². The molecule has 0 unspecified atom stereocenters. The molecule has 0 radical (unpaired) electrons. The van der Waals surface area contributed by atoms with Gasteiger partial charge in [-0.1, -0.05) is 0 Å². The van der Waals surface area contributed by atoms with Gasteiger partial charge in [0.15, 0.2) is 0 Å². The van der Waals surface area contributed by atoms with E-state index in [1.165, 1.54) is 0 Å². The molecule has 1 heterocycles. The number of hydrogen-bond donors (Lipinski definition) is 0. The maximum absolute atomic E-state index is 11.1. The number of imidazole rings is 1. The van der Waals surface area contributed by atoms with Crippen molar-refractivity contribution in [3.05, 3.63) is 18.7 Å². The van der Waals surface area contributed by atoms with Gasteiger partial charge in [-0.3, -0.25) is 4.79 Å². The molecule has 4 heteroatoms. The van der Waals surface area contributed by atoms with Gasteiger partial charge in [0.25, 0.3) is 0 Å². The molecular formula is C13H23N2O2+. The smallest absolute Gasteiger partial charge is 0.305 e. The Bertz CT molecular complexity index is 334. The number of carbonyl (C=O) groups is 1. The van der Waals surface area contributed by atoms with Gasteiger partial charge in [0, 0.05) is 6.42 Å². The van der Waals surface area contributed by atoms with E-state index in [4.69, 9.17) is 4.74 Å². The fourth-order valence-corrected chi connectivity index (χ4v) is 1.73. The van der Waals surface area contributed by atoms with E-state index in [0.717, 1.165) is 32.4 Å². The molecule has 0 fully saturated rings. The first-order valence-electron chi connectivity index (χ1n) is 6.46. The predicted octanol–water partition coefficient (Wildman–Crippen LogP) is 1.92. The van der Waals surface area contributed by atoms with Crippen molar-refractivity contribution in [2.75, 3.05) is 6.61 Å². The van der Waals surface area contributed by atoms with E-state index < -0.39 is 0 Å². The monoisotopic (exact) mass is 239 g/mol. The Kier molecular flexibility index (Phi) is 6.37. The Balaban J connectivity index is 2.06. The molecule has 1 aromatic rings. The van der Waals surface area contributed by atoms with Crippen LogP contribution in [0.4, 0.5) is 0 Å². The van der Waals surface area contributed by atoms with Crippen LogP contribution in [0.15, 0.2) is 18.7 Å². The zero-order valence-electron chi connectivity index (χ0n) is 10.9. The molecule has 0 bridgehead atoms. The number of esters is 1. The first kappa shape index (κ1) is 13.7. The van der Waals surface area contributed by atoms with Crippen LogP contribution in [0.3, 0.4) is 0 Å². The first-order valence-corrected chi connectivity index (χ1v) is 6.46. The number of hydrogen-bond acceptors (Lipinski definition) is 2. The fourth-order valence-electron chi connectivity index (χ4n) is 1.73. The second-order valence-electron chi connectivity index (χ2n) is 4.10. The number of aryl methyl sites for hydroxylation is 2. The fraction of sp³-hybridized carbons (Fsp3) is 0.692. The van der Waals surface area contributed by atoms with Crippen LogP contribution in [0, 0.1) is 0 Å². The van der Waals surface area contributed by atoms with Crippen LogP contribution >= 0.6 is 0 Å². The normalized spacial score (nSPS) is 10.5. The molecule has 4 nitrogen and oxygen atoms in total. The zero-order chi connectivity index (χ0) is 12.5. The maximum Gasteiger partial charge on any atom is 0.305 e. The summed E-state index contributed by atoms with van der Waals surface area (Å²) in [4.78, 5) is 11.1. The van der Waals surface area contributed by atoms with Gasteiger partial charge in [-0.25, -0.2) is 9.13 Å². The summed E-state index contributed by atoms with van der Waals surface area (Å²) in [6.07, 6.45) is 9.95. The summed E-state index contributed by atoms with van der Waals surface area (Å²) < 4.78 is 9.22. The second-order valence-corrected chi connectivity index (χ2v) is 4.10. The highest BCUT2D eigenvalue weighted by atomic mass is 16.5. The van der Waals surface area contributed by atoms with Crippen LogP contribution in [-0.4, -0.2) is 17.1 Å². The highest BCUT2D eigenvalue weighted by molar-refractivity contribution is 5.69. The summed E-state index contributed by atoms with van der Waals surface area (Å²) in [5, 5.41) is 0. The van der Waals surface area contributed by atoms with Gasteiger partial charge < -0.3 is 4.74 Å². The zero-order valence-corrected chi connectivity index (χ0v) is 10.9. The summed E-state index contributed by atoms with van der Waals surface area (Å²) in [6.45, 7) is 6.49. The van der Waals surface area contributed by atoms with E-state index in [1.54, 1.807) is 0 Å². The SMILES string of the molecule is CCOC(=O)CCCCC[n+]1ccn(CC)c1. The standard InChI is InChI=1S/C13H23N2O2/c1-3-14-10-11-15(12-14)9-7-5-6-8-13(16)17-4-2/h10-12H,3-9H2,1-2H3/q+1. The summed E-state index contributed by atoms with van der Waals surface area (Å²) in [7, 11) is 0. The van der Waals surface area contributed by atoms with Gasteiger partial charge in [0.2, 0.25) is 6.33 Å². The highest BCUT2D eigenvalue weighted by Crippen LogP contribution is 2.01. The summed E-state index contributed by atoms with van der Waals surface area (Å²) in [6, 6.07) is 0. The summed E-state index contributed by atoms with van der Waals surface area (Å²) in [5.41, 5.74) is 0. The molecule has 96 valence electrons. The van der Waals surface area contributed by atoms with Gasteiger partial charge in [-0.2, -0.15) is 0 Å². The van der Waals surface area contributed by atoms with Crippen molar-refractivity contribution < 1.29 is 14.1 Å². The van der Waals surface area contributed by atoms with Crippen LogP contribution in [0.5, 0.6) is 0 Å². The van der Waals surface area contributed by atoms with Crippen molar-refractivity contribution in [1.82, 2.24) is 4.57 Å². The minimum atomic E-state index is -0.0720. The lowest BCUT2D eigenvalue weighted by Crippen LogP contribution is -2.30. The van der Waals surface area contributed by atoms with Crippen LogP contribution in [-0.2, 0) is 22.6 Å². The van der Waals surface area contributed by atoms with E-state index in [-0.39, 0.29) is 5.97 Å². The molecule has 0 spiro atoms. The molecule has 0 amide bonds. The molecule has 17 heavy (non-hydrogen) atoms. The van der Waals surface area contributed by atoms with Crippen molar-refractivity contribution in [3.63, 3.8) is 0 Å². The number of ether oxygens (including phenoxy) is 1. The van der Waals surface area contributed by atoms with E-state index in [0.29, 0.717) is 13.0 Å².